The average Bonchev–Trinajstić information content (AvgIpc) is 2.64. The molecule has 0 unspecified atom stereocenters. The highest BCUT2D eigenvalue weighted by Crippen LogP contribution is 2.15. The predicted molar refractivity (Wildman–Crippen MR) is 62.5 cm³/mol. The van der Waals surface area contributed by atoms with Gasteiger partial charge in [0.2, 0.25) is 0 Å². The van der Waals surface area contributed by atoms with Gasteiger partial charge < -0.3 is 4.57 Å². The molecule has 0 bridgehead atoms. The minimum absolute atomic E-state index is 0.915. The van der Waals surface area contributed by atoms with Crippen LogP contribution in [0.3, 0.4) is 0 Å². The van der Waals surface area contributed by atoms with Gasteiger partial charge >= 0.3 is 0 Å². The molecule has 0 fully saturated rings. The van der Waals surface area contributed by atoms with Crippen LogP contribution < -0.4 is 0 Å². The third-order valence-electron chi connectivity index (χ3n) is 2.12. The van der Waals surface area contributed by atoms with Crippen LogP contribution in [0.1, 0.15) is 19.7 Å². The van der Waals surface area contributed by atoms with Crippen LogP contribution in [0.25, 0.3) is 11.4 Å². The van der Waals surface area contributed by atoms with Crippen LogP contribution >= 0.6 is 0 Å². The third-order valence-corrected chi connectivity index (χ3v) is 2.12. The zero-order chi connectivity index (χ0) is 11.3. The van der Waals surface area contributed by atoms with Crippen molar-refractivity contribution in [1.82, 2.24) is 14.8 Å². The molecule has 2 rings (SSSR count). The van der Waals surface area contributed by atoms with Crippen LogP contribution in [0, 0.1) is 6.92 Å². The normalized spacial score (nSPS) is 9.33. The smallest absolute Gasteiger partial charge is 0.163 e. The number of aromatic nitrogens is 3. The van der Waals surface area contributed by atoms with Crippen molar-refractivity contribution >= 4 is 0 Å². The summed E-state index contributed by atoms with van der Waals surface area (Å²) in [7, 11) is 1.97. The SMILES string of the molecule is CC.Cc1nnc(-c2ccccc2)n1C. The molecule has 0 radical (unpaired) electrons. The van der Waals surface area contributed by atoms with E-state index >= 15 is 0 Å². The lowest BCUT2D eigenvalue weighted by molar-refractivity contribution is 0.865. The van der Waals surface area contributed by atoms with Crippen molar-refractivity contribution in [3.8, 4) is 11.4 Å². The first-order valence-electron chi connectivity index (χ1n) is 5.20. The molecule has 0 saturated carbocycles. The number of aryl methyl sites for hydroxylation is 1. The number of rotatable bonds is 1. The molecule has 1 heterocycles. The van der Waals surface area contributed by atoms with Crippen molar-refractivity contribution in [2.75, 3.05) is 0 Å². The second-order valence-corrected chi connectivity index (χ2v) is 3.00. The molecular formula is C12H17N3. The number of benzene rings is 1. The van der Waals surface area contributed by atoms with E-state index in [1.807, 2.05) is 62.7 Å². The zero-order valence-electron chi connectivity index (χ0n) is 9.73. The summed E-state index contributed by atoms with van der Waals surface area (Å²) in [6.07, 6.45) is 0. The Morgan fingerprint density at radius 3 is 2.07 bits per heavy atom. The average molecular weight is 203 g/mol. The lowest BCUT2D eigenvalue weighted by Gasteiger charge is -2.00. The third kappa shape index (κ3) is 2.43. The molecule has 0 saturated heterocycles. The zero-order valence-corrected chi connectivity index (χ0v) is 9.73. The van der Waals surface area contributed by atoms with Crippen molar-refractivity contribution in [3.05, 3.63) is 36.2 Å². The van der Waals surface area contributed by atoms with Crippen LogP contribution in [0.5, 0.6) is 0 Å². The standard InChI is InChI=1S/C10H11N3.C2H6/c1-8-11-12-10(13(8)2)9-6-4-3-5-7-9;1-2/h3-7H,1-2H3;1-2H3. The maximum absolute atomic E-state index is 4.10. The number of hydrogen-bond acceptors (Lipinski definition) is 2. The Hall–Kier alpha value is -1.64. The van der Waals surface area contributed by atoms with E-state index in [-0.39, 0.29) is 0 Å². The first-order chi connectivity index (χ1) is 7.29. The summed E-state index contributed by atoms with van der Waals surface area (Å²) in [5, 5.41) is 8.10. The fraction of sp³-hybridized carbons (Fsp3) is 0.333. The molecular weight excluding hydrogens is 186 g/mol. The molecule has 0 spiro atoms. The van der Waals surface area contributed by atoms with Gasteiger partial charge in [0, 0.05) is 12.6 Å². The van der Waals surface area contributed by atoms with Gasteiger partial charge in [-0.15, -0.1) is 10.2 Å². The van der Waals surface area contributed by atoms with Gasteiger partial charge in [-0.3, -0.25) is 0 Å². The Bertz CT molecular complexity index is 404. The molecule has 80 valence electrons. The summed E-state index contributed by atoms with van der Waals surface area (Å²) in [6, 6.07) is 10.1. The fourth-order valence-electron chi connectivity index (χ4n) is 1.25. The van der Waals surface area contributed by atoms with E-state index in [2.05, 4.69) is 10.2 Å². The summed E-state index contributed by atoms with van der Waals surface area (Å²) in [4.78, 5) is 0. The van der Waals surface area contributed by atoms with Gasteiger partial charge in [0.05, 0.1) is 0 Å². The van der Waals surface area contributed by atoms with Crippen LogP contribution in [-0.4, -0.2) is 14.8 Å². The first-order valence-corrected chi connectivity index (χ1v) is 5.20. The van der Waals surface area contributed by atoms with E-state index in [9.17, 15) is 0 Å². The molecule has 2 aromatic rings. The Morgan fingerprint density at radius 2 is 1.60 bits per heavy atom. The molecule has 1 aromatic heterocycles. The molecule has 3 heteroatoms. The number of hydrogen-bond donors (Lipinski definition) is 0. The summed E-state index contributed by atoms with van der Waals surface area (Å²) in [5.41, 5.74) is 1.10. The van der Waals surface area contributed by atoms with E-state index < -0.39 is 0 Å². The van der Waals surface area contributed by atoms with Crippen molar-refractivity contribution in [3.63, 3.8) is 0 Å². The van der Waals surface area contributed by atoms with E-state index in [0.717, 1.165) is 17.2 Å². The summed E-state index contributed by atoms with van der Waals surface area (Å²) >= 11 is 0. The van der Waals surface area contributed by atoms with Crippen molar-refractivity contribution in [2.45, 2.75) is 20.8 Å². The highest BCUT2D eigenvalue weighted by atomic mass is 15.3. The topological polar surface area (TPSA) is 30.7 Å². The molecule has 0 N–H and O–H groups in total. The van der Waals surface area contributed by atoms with E-state index in [1.165, 1.54) is 0 Å². The van der Waals surface area contributed by atoms with Crippen molar-refractivity contribution in [1.29, 1.82) is 0 Å². The highest BCUT2D eigenvalue weighted by molar-refractivity contribution is 5.54. The van der Waals surface area contributed by atoms with E-state index in [1.54, 1.807) is 0 Å². The molecule has 0 aliphatic rings. The number of nitrogens with zero attached hydrogens (tertiary/aromatic N) is 3. The Balaban J connectivity index is 0.000000531. The first kappa shape index (κ1) is 11.4. The molecule has 0 amide bonds. The van der Waals surface area contributed by atoms with Gasteiger partial charge in [0.1, 0.15) is 5.82 Å². The van der Waals surface area contributed by atoms with Crippen LogP contribution in [0.4, 0.5) is 0 Å². The van der Waals surface area contributed by atoms with Gasteiger partial charge in [-0.05, 0) is 6.92 Å². The minimum Gasteiger partial charge on any atom is -0.314 e. The Labute approximate surface area is 90.8 Å². The summed E-state index contributed by atoms with van der Waals surface area (Å²) in [5.74, 6) is 1.84. The van der Waals surface area contributed by atoms with Gasteiger partial charge in [-0.2, -0.15) is 0 Å². The van der Waals surface area contributed by atoms with Crippen molar-refractivity contribution < 1.29 is 0 Å². The summed E-state index contributed by atoms with van der Waals surface area (Å²) in [6.45, 7) is 5.94. The maximum atomic E-state index is 4.10. The lowest BCUT2D eigenvalue weighted by atomic mass is 10.2. The second-order valence-electron chi connectivity index (χ2n) is 3.00. The second kappa shape index (κ2) is 5.29. The van der Waals surface area contributed by atoms with Crippen LogP contribution in [0.2, 0.25) is 0 Å². The molecule has 0 aliphatic carbocycles. The fourth-order valence-corrected chi connectivity index (χ4v) is 1.25. The maximum Gasteiger partial charge on any atom is 0.163 e. The van der Waals surface area contributed by atoms with Crippen molar-refractivity contribution in [2.24, 2.45) is 7.05 Å². The molecule has 3 nitrogen and oxygen atoms in total. The van der Waals surface area contributed by atoms with Gasteiger partial charge in [-0.1, -0.05) is 44.2 Å². The molecule has 0 aliphatic heterocycles. The summed E-state index contributed by atoms with van der Waals surface area (Å²) < 4.78 is 1.98. The Morgan fingerprint density at radius 1 is 1.00 bits per heavy atom. The van der Waals surface area contributed by atoms with Gasteiger partial charge in [-0.25, -0.2) is 0 Å². The molecule has 1 aromatic carbocycles. The van der Waals surface area contributed by atoms with Crippen LogP contribution in [-0.2, 0) is 7.05 Å². The quantitative estimate of drug-likeness (QED) is 0.713. The van der Waals surface area contributed by atoms with E-state index in [4.69, 9.17) is 0 Å². The minimum atomic E-state index is 0.915. The molecule has 15 heavy (non-hydrogen) atoms. The Kier molecular flexibility index (Phi) is 4.03. The lowest BCUT2D eigenvalue weighted by Crippen LogP contribution is -1.94. The predicted octanol–water partition coefficient (Wildman–Crippen LogP) is 2.82. The largest absolute Gasteiger partial charge is 0.314 e. The monoisotopic (exact) mass is 203 g/mol. The van der Waals surface area contributed by atoms with Gasteiger partial charge in [0.25, 0.3) is 0 Å². The van der Waals surface area contributed by atoms with Gasteiger partial charge in [0.15, 0.2) is 5.82 Å². The molecule has 0 atom stereocenters. The van der Waals surface area contributed by atoms with E-state index in [0.29, 0.717) is 0 Å². The van der Waals surface area contributed by atoms with Crippen LogP contribution in [0.15, 0.2) is 30.3 Å². The highest BCUT2D eigenvalue weighted by Gasteiger charge is 2.05.